The first kappa shape index (κ1) is 18.2. The van der Waals surface area contributed by atoms with E-state index in [-0.39, 0.29) is 0 Å². The molecule has 0 atom stereocenters. The van der Waals surface area contributed by atoms with Crippen molar-refractivity contribution in [2.45, 2.75) is 32.2 Å². The fraction of sp³-hybridized carbons (Fsp3) is 0.227. The minimum atomic E-state index is -0.538. The van der Waals surface area contributed by atoms with Gasteiger partial charge in [0.15, 0.2) is 0 Å². The van der Waals surface area contributed by atoms with E-state index in [1.165, 1.54) is 11.1 Å². The Hall–Kier alpha value is -3.81. The predicted octanol–water partition coefficient (Wildman–Crippen LogP) is 2.80. The van der Waals surface area contributed by atoms with Crippen LogP contribution in [0, 0.1) is 0 Å². The number of amides is 1. The summed E-state index contributed by atoms with van der Waals surface area (Å²) in [4.78, 5) is 21.3. The molecule has 1 aliphatic carbocycles. The summed E-state index contributed by atoms with van der Waals surface area (Å²) in [6.45, 7) is 0.674. The number of benzene rings is 2. The first-order valence-electron chi connectivity index (χ1n) is 10.0. The van der Waals surface area contributed by atoms with Crippen LogP contribution in [0.3, 0.4) is 0 Å². The van der Waals surface area contributed by atoms with Gasteiger partial charge in [0.05, 0.1) is 16.8 Å². The molecule has 2 aromatic heterocycles. The van der Waals surface area contributed by atoms with Crippen LogP contribution in [0.5, 0.6) is 0 Å². The number of anilines is 1. The van der Waals surface area contributed by atoms with Crippen LogP contribution in [0.1, 0.15) is 40.0 Å². The van der Waals surface area contributed by atoms with E-state index in [1.807, 2.05) is 24.3 Å². The highest BCUT2D eigenvalue weighted by molar-refractivity contribution is 6.04. The Balaban J connectivity index is 1.58. The standard InChI is InChI=1S/C22H21N7O/c23-20(30)16-10-6-12-18-19(16)27-28-29(18)22-25-17-11-5-4-9-15(17)21(26-22)24-13-14-7-2-1-3-8-14/h1-3,6-8,10,12H,4-5,9,11,13H2,(H2,23,30)(H,24,25,26). The average molecular weight is 399 g/mol. The largest absolute Gasteiger partial charge is 0.366 e. The molecule has 2 aromatic carbocycles. The summed E-state index contributed by atoms with van der Waals surface area (Å²) in [5.41, 5.74) is 10.3. The molecule has 0 fully saturated rings. The number of carbonyl (C=O) groups is 1. The van der Waals surface area contributed by atoms with Crippen molar-refractivity contribution in [2.24, 2.45) is 5.73 Å². The maximum Gasteiger partial charge on any atom is 0.254 e. The quantitative estimate of drug-likeness (QED) is 0.534. The Bertz CT molecular complexity index is 1230. The summed E-state index contributed by atoms with van der Waals surface area (Å²) < 4.78 is 1.57. The Morgan fingerprint density at radius 2 is 1.87 bits per heavy atom. The molecule has 3 N–H and O–H groups in total. The molecule has 8 heteroatoms. The predicted molar refractivity (Wildman–Crippen MR) is 113 cm³/mol. The fourth-order valence-electron chi connectivity index (χ4n) is 3.90. The summed E-state index contributed by atoms with van der Waals surface area (Å²) >= 11 is 0. The van der Waals surface area contributed by atoms with Gasteiger partial charge >= 0.3 is 0 Å². The Labute approximate surface area is 173 Å². The van der Waals surface area contributed by atoms with Gasteiger partial charge in [-0.15, -0.1) is 5.10 Å². The van der Waals surface area contributed by atoms with Crippen molar-refractivity contribution >= 4 is 22.8 Å². The highest BCUT2D eigenvalue weighted by Crippen LogP contribution is 2.27. The van der Waals surface area contributed by atoms with Gasteiger partial charge in [0.1, 0.15) is 11.3 Å². The average Bonchev–Trinajstić information content (AvgIpc) is 3.22. The van der Waals surface area contributed by atoms with E-state index >= 15 is 0 Å². The summed E-state index contributed by atoms with van der Waals surface area (Å²) in [5, 5.41) is 11.9. The molecule has 0 aliphatic heterocycles. The number of aromatic nitrogens is 5. The van der Waals surface area contributed by atoms with E-state index in [1.54, 1.807) is 16.8 Å². The van der Waals surface area contributed by atoms with Gasteiger partial charge in [-0.1, -0.05) is 41.6 Å². The maximum absolute atomic E-state index is 11.7. The second-order valence-corrected chi connectivity index (χ2v) is 7.38. The highest BCUT2D eigenvalue weighted by Gasteiger charge is 2.21. The second kappa shape index (κ2) is 7.55. The fourth-order valence-corrected chi connectivity index (χ4v) is 3.90. The van der Waals surface area contributed by atoms with Crippen LogP contribution < -0.4 is 11.1 Å². The number of hydrogen-bond donors (Lipinski definition) is 2. The van der Waals surface area contributed by atoms with E-state index in [0.29, 0.717) is 29.1 Å². The molecular formula is C22H21N7O. The molecule has 0 unspecified atom stereocenters. The molecular weight excluding hydrogens is 378 g/mol. The monoisotopic (exact) mass is 399 g/mol. The van der Waals surface area contributed by atoms with E-state index in [2.05, 4.69) is 27.8 Å². The van der Waals surface area contributed by atoms with Gasteiger partial charge in [0.2, 0.25) is 0 Å². The Kier molecular flexibility index (Phi) is 4.59. The van der Waals surface area contributed by atoms with E-state index in [9.17, 15) is 4.79 Å². The molecule has 4 aromatic rings. The van der Waals surface area contributed by atoms with Crippen molar-refractivity contribution in [3.63, 3.8) is 0 Å². The number of primary amides is 1. The van der Waals surface area contributed by atoms with E-state index in [0.717, 1.165) is 37.2 Å². The van der Waals surface area contributed by atoms with Gasteiger partial charge in [0, 0.05) is 12.1 Å². The lowest BCUT2D eigenvalue weighted by Crippen LogP contribution is -2.16. The van der Waals surface area contributed by atoms with Crippen molar-refractivity contribution in [2.75, 3.05) is 5.32 Å². The molecule has 5 rings (SSSR count). The summed E-state index contributed by atoms with van der Waals surface area (Å²) in [6.07, 6.45) is 4.09. The smallest absolute Gasteiger partial charge is 0.254 e. The normalized spacial score (nSPS) is 13.2. The molecule has 1 amide bonds. The highest BCUT2D eigenvalue weighted by atomic mass is 16.1. The van der Waals surface area contributed by atoms with Crippen molar-refractivity contribution < 1.29 is 4.79 Å². The van der Waals surface area contributed by atoms with Gasteiger partial charge in [-0.2, -0.15) is 9.67 Å². The number of nitrogens with zero attached hydrogens (tertiary/aromatic N) is 5. The van der Waals surface area contributed by atoms with Crippen molar-refractivity contribution in [1.29, 1.82) is 0 Å². The van der Waals surface area contributed by atoms with E-state index < -0.39 is 5.91 Å². The third-order valence-electron chi connectivity index (χ3n) is 5.41. The van der Waals surface area contributed by atoms with Crippen LogP contribution in [-0.4, -0.2) is 30.9 Å². The molecule has 0 saturated carbocycles. The third kappa shape index (κ3) is 3.26. The minimum absolute atomic E-state index is 0.333. The lowest BCUT2D eigenvalue weighted by atomic mass is 9.96. The van der Waals surface area contributed by atoms with Gasteiger partial charge in [-0.25, -0.2) is 4.98 Å². The van der Waals surface area contributed by atoms with Crippen LogP contribution in [0.25, 0.3) is 17.0 Å². The number of nitrogens with one attached hydrogen (secondary N) is 1. The summed E-state index contributed by atoms with van der Waals surface area (Å²) in [7, 11) is 0. The number of rotatable bonds is 5. The molecule has 150 valence electrons. The first-order valence-corrected chi connectivity index (χ1v) is 10.0. The number of nitrogens with two attached hydrogens (primary N) is 1. The van der Waals surface area contributed by atoms with Gasteiger partial charge in [-0.05, 0) is 43.4 Å². The zero-order valence-corrected chi connectivity index (χ0v) is 16.4. The second-order valence-electron chi connectivity index (χ2n) is 7.38. The minimum Gasteiger partial charge on any atom is -0.366 e. The SMILES string of the molecule is NC(=O)c1cccc2c1nnn2-c1nc2c(c(NCc3ccccc3)n1)CCCC2. The third-order valence-corrected chi connectivity index (χ3v) is 5.41. The van der Waals surface area contributed by atoms with Crippen LogP contribution in [0.2, 0.25) is 0 Å². The van der Waals surface area contributed by atoms with Gasteiger partial charge in [-0.3, -0.25) is 4.79 Å². The van der Waals surface area contributed by atoms with Crippen LogP contribution >= 0.6 is 0 Å². The van der Waals surface area contributed by atoms with E-state index in [4.69, 9.17) is 15.7 Å². The van der Waals surface area contributed by atoms with Crippen molar-refractivity contribution in [3.8, 4) is 5.95 Å². The van der Waals surface area contributed by atoms with Crippen molar-refractivity contribution in [3.05, 3.63) is 70.9 Å². The number of hydrogen-bond acceptors (Lipinski definition) is 6. The Morgan fingerprint density at radius 1 is 1.03 bits per heavy atom. The molecule has 0 radical (unpaired) electrons. The lowest BCUT2D eigenvalue weighted by Gasteiger charge is -2.20. The van der Waals surface area contributed by atoms with Gasteiger partial charge < -0.3 is 11.1 Å². The molecule has 0 saturated heterocycles. The number of fused-ring (bicyclic) bond motifs is 2. The molecule has 8 nitrogen and oxygen atoms in total. The molecule has 0 spiro atoms. The van der Waals surface area contributed by atoms with Crippen LogP contribution in [0.15, 0.2) is 48.5 Å². The number of aryl methyl sites for hydroxylation is 1. The van der Waals surface area contributed by atoms with Crippen LogP contribution in [-0.2, 0) is 19.4 Å². The molecule has 0 bridgehead atoms. The maximum atomic E-state index is 11.7. The molecule has 1 aliphatic rings. The summed E-state index contributed by atoms with van der Waals surface area (Å²) in [6, 6.07) is 15.5. The van der Waals surface area contributed by atoms with Gasteiger partial charge in [0.25, 0.3) is 11.9 Å². The zero-order valence-electron chi connectivity index (χ0n) is 16.4. The van der Waals surface area contributed by atoms with Crippen LogP contribution in [0.4, 0.5) is 5.82 Å². The van der Waals surface area contributed by atoms with Crippen molar-refractivity contribution in [1.82, 2.24) is 25.0 Å². The summed E-state index contributed by atoms with van der Waals surface area (Å²) in [5.74, 6) is 0.729. The molecule has 2 heterocycles. The number of carbonyl (C=O) groups excluding carboxylic acids is 1. The molecule has 30 heavy (non-hydrogen) atoms. The first-order chi connectivity index (χ1) is 14.7. The lowest BCUT2D eigenvalue weighted by molar-refractivity contribution is 0.100. The zero-order chi connectivity index (χ0) is 20.5. The Morgan fingerprint density at radius 3 is 2.70 bits per heavy atom. The topological polar surface area (TPSA) is 112 Å².